The van der Waals surface area contributed by atoms with Crippen molar-refractivity contribution in [3.63, 3.8) is 0 Å². The second kappa shape index (κ2) is 8.47. The molecule has 7 nitrogen and oxygen atoms in total. The largest absolute Gasteiger partial charge is 0.457 e. The molecule has 0 aliphatic carbocycles. The molecule has 0 spiro atoms. The van der Waals surface area contributed by atoms with Crippen molar-refractivity contribution in [3.05, 3.63) is 91.6 Å². The van der Waals surface area contributed by atoms with Crippen LogP contribution in [0, 0.1) is 30.9 Å². The summed E-state index contributed by atoms with van der Waals surface area (Å²) in [4.78, 5) is 37.6. The quantitative estimate of drug-likeness (QED) is 0.269. The monoisotopic (exact) mass is 448 g/mol. The van der Waals surface area contributed by atoms with Gasteiger partial charge < -0.3 is 4.42 Å². The number of amides is 2. The second-order valence-electron chi connectivity index (χ2n) is 7.65. The number of nitrogens with zero attached hydrogens (tertiary/aromatic N) is 2. The smallest absolute Gasteiger partial charge is 0.293 e. The van der Waals surface area contributed by atoms with Crippen LogP contribution in [0.15, 0.2) is 57.9 Å². The van der Waals surface area contributed by atoms with Gasteiger partial charge in [-0.05, 0) is 61.9 Å². The first kappa shape index (κ1) is 21.6. The summed E-state index contributed by atoms with van der Waals surface area (Å²) < 4.78 is 5.82. The average Bonchev–Trinajstić information content (AvgIpc) is 3.30. The van der Waals surface area contributed by atoms with E-state index in [4.69, 9.17) is 4.42 Å². The lowest BCUT2D eigenvalue weighted by atomic mass is 10.0. The van der Waals surface area contributed by atoms with Crippen LogP contribution in [-0.4, -0.2) is 21.0 Å². The van der Waals surface area contributed by atoms with Crippen molar-refractivity contribution < 1.29 is 18.9 Å². The Hall–Kier alpha value is -3.65. The maximum atomic E-state index is 12.8. The van der Waals surface area contributed by atoms with Crippen LogP contribution in [0.2, 0.25) is 0 Å². The number of carbonyl (C=O) groups is 2. The van der Waals surface area contributed by atoms with Gasteiger partial charge in [0.15, 0.2) is 0 Å². The second-order valence-corrected chi connectivity index (χ2v) is 8.65. The number of benzene rings is 2. The van der Waals surface area contributed by atoms with Gasteiger partial charge in [0.25, 0.3) is 16.8 Å². The molecule has 2 heterocycles. The first-order chi connectivity index (χ1) is 15.2. The first-order valence-electron chi connectivity index (χ1n) is 9.89. The van der Waals surface area contributed by atoms with Crippen molar-refractivity contribution in [2.45, 2.75) is 27.3 Å². The van der Waals surface area contributed by atoms with Gasteiger partial charge in [0.1, 0.15) is 11.5 Å². The van der Waals surface area contributed by atoms with E-state index in [-0.39, 0.29) is 28.3 Å². The number of hydrogen-bond acceptors (Lipinski definition) is 6. The molecule has 2 aromatic carbocycles. The van der Waals surface area contributed by atoms with Crippen LogP contribution >= 0.6 is 11.8 Å². The standard InChI is InChI=1S/C24H20N2O5S/c1-14-5-4-6-17(9-14)13-25-23(27)22(32-24(25)28)12-19-7-8-21(31-19)18-10-15(2)16(3)20(11-18)26(29)30/h4-12H,13H2,1-3H3/b22-12-. The van der Waals surface area contributed by atoms with E-state index < -0.39 is 4.92 Å². The molecule has 8 heteroatoms. The molecule has 1 aliphatic heterocycles. The molecule has 4 rings (SSSR count). The molecule has 0 atom stereocenters. The highest BCUT2D eigenvalue weighted by Crippen LogP contribution is 2.35. The summed E-state index contributed by atoms with van der Waals surface area (Å²) in [5.74, 6) is 0.463. The van der Waals surface area contributed by atoms with Crippen molar-refractivity contribution in [3.8, 4) is 11.3 Å². The molecule has 2 amide bonds. The van der Waals surface area contributed by atoms with Gasteiger partial charge in [-0.3, -0.25) is 24.6 Å². The Labute approximate surface area is 188 Å². The Kier molecular flexibility index (Phi) is 5.71. The number of imide groups is 1. The number of carbonyl (C=O) groups excluding carboxylic acids is 2. The number of thioether (sulfide) groups is 1. The van der Waals surface area contributed by atoms with Gasteiger partial charge in [0, 0.05) is 23.3 Å². The molecule has 3 aromatic rings. The van der Waals surface area contributed by atoms with Crippen molar-refractivity contribution in [1.82, 2.24) is 4.90 Å². The topological polar surface area (TPSA) is 93.7 Å². The van der Waals surface area contributed by atoms with E-state index in [0.717, 1.165) is 28.5 Å². The number of nitro groups is 1. The Bertz CT molecular complexity index is 1290. The minimum Gasteiger partial charge on any atom is -0.457 e. The zero-order valence-corrected chi connectivity index (χ0v) is 18.6. The summed E-state index contributed by atoms with van der Waals surface area (Å²) in [6.07, 6.45) is 1.53. The third kappa shape index (κ3) is 4.22. The third-order valence-corrected chi connectivity index (χ3v) is 6.23. The van der Waals surface area contributed by atoms with E-state index in [0.29, 0.717) is 22.6 Å². The minimum absolute atomic E-state index is 0.0234. The van der Waals surface area contributed by atoms with Crippen molar-refractivity contribution in [1.29, 1.82) is 0 Å². The third-order valence-electron chi connectivity index (χ3n) is 5.32. The summed E-state index contributed by atoms with van der Waals surface area (Å²) >= 11 is 0.865. The SMILES string of the molecule is Cc1cccc(CN2C(=O)S/C(=C\c3ccc(-c4cc(C)c(C)c([N+](=O)[O-])c4)o3)C2=O)c1. The van der Waals surface area contributed by atoms with Crippen LogP contribution in [0.4, 0.5) is 10.5 Å². The number of aryl methyl sites for hydroxylation is 2. The predicted octanol–water partition coefficient (Wildman–Crippen LogP) is 6.02. The molecule has 1 aromatic heterocycles. The van der Waals surface area contributed by atoms with Crippen LogP contribution in [0.25, 0.3) is 17.4 Å². The molecule has 0 bridgehead atoms. The van der Waals surface area contributed by atoms with Gasteiger partial charge in [0.2, 0.25) is 0 Å². The fraction of sp³-hybridized carbons (Fsp3) is 0.167. The van der Waals surface area contributed by atoms with Gasteiger partial charge in [-0.15, -0.1) is 0 Å². The highest BCUT2D eigenvalue weighted by Gasteiger charge is 2.35. The van der Waals surface area contributed by atoms with Crippen molar-refractivity contribution >= 4 is 34.7 Å². The summed E-state index contributed by atoms with van der Waals surface area (Å²) in [6, 6.07) is 14.3. The number of nitro benzene ring substituents is 1. The highest BCUT2D eigenvalue weighted by molar-refractivity contribution is 8.18. The van der Waals surface area contributed by atoms with E-state index in [2.05, 4.69) is 0 Å². The minimum atomic E-state index is -0.417. The Balaban J connectivity index is 1.58. The number of furan rings is 1. The lowest BCUT2D eigenvalue weighted by Gasteiger charge is -2.12. The maximum Gasteiger partial charge on any atom is 0.293 e. The van der Waals surface area contributed by atoms with Gasteiger partial charge >= 0.3 is 0 Å². The van der Waals surface area contributed by atoms with Crippen LogP contribution < -0.4 is 0 Å². The molecular weight excluding hydrogens is 428 g/mol. The van der Waals surface area contributed by atoms with Gasteiger partial charge in [0.05, 0.1) is 16.4 Å². The first-order valence-corrected chi connectivity index (χ1v) is 10.7. The average molecular weight is 449 g/mol. The van der Waals surface area contributed by atoms with E-state index in [1.807, 2.05) is 37.3 Å². The summed E-state index contributed by atoms with van der Waals surface area (Å²) in [7, 11) is 0. The molecule has 162 valence electrons. The zero-order chi connectivity index (χ0) is 23.0. The summed E-state index contributed by atoms with van der Waals surface area (Å²) in [6.45, 7) is 5.67. The highest BCUT2D eigenvalue weighted by atomic mass is 32.2. The molecule has 1 saturated heterocycles. The molecule has 0 saturated carbocycles. The summed E-state index contributed by atoms with van der Waals surface area (Å²) in [5, 5.41) is 11.0. The number of rotatable bonds is 5. The van der Waals surface area contributed by atoms with E-state index >= 15 is 0 Å². The van der Waals surface area contributed by atoms with Crippen LogP contribution in [0.1, 0.15) is 28.0 Å². The molecule has 0 radical (unpaired) electrons. The van der Waals surface area contributed by atoms with Crippen LogP contribution in [0.5, 0.6) is 0 Å². The Morgan fingerprint density at radius 3 is 2.59 bits per heavy atom. The van der Waals surface area contributed by atoms with Crippen molar-refractivity contribution in [2.75, 3.05) is 0 Å². The molecule has 1 fully saturated rings. The van der Waals surface area contributed by atoms with E-state index in [9.17, 15) is 19.7 Å². The van der Waals surface area contributed by atoms with Gasteiger partial charge in [-0.2, -0.15) is 0 Å². The fourth-order valence-corrected chi connectivity index (χ4v) is 4.34. The molecule has 1 aliphatic rings. The van der Waals surface area contributed by atoms with E-state index in [1.54, 1.807) is 26.0 Å². The number of hydrogen-bond donors (Lipinski definition) is 0. The molecule has 0 unspecified atom stereocenters. The van der Waals surface area contributed by atoms with Gasteiger partial charge in [-0.1, -0.05) is 29.8 Å². The van der Waals surface area contributed by atoms with Crippen LogP contribution in [0.3, 0.4) is 0 Å². The van der Waals surface area contributed by atoms with E-state index in [1.165, 1.54) is 17.0 Å². The summed E-state index contributed by atoms with van der Waals surface area (Å²) in [5.41, 5.74) is 3.92. The van der Waals surface area contributed by atoms with Crippen LogP contribution in [-0.2, 0) is 11.3 Å². The molecular formula is C24H20N2O5S. The maximum absolute atomic E-state index is 12.8. The Morgan fingerprint density at radius 1 is 1.09 bits per heavy atom. The normalized spacial score (nSPS) is 15.1. The lowest BCUT2D eigenvalue weighted by molar-refractivity contribution is -0.385. The Morgan fingerprint density at radius 2 is 1.88 bits per heavy atom. The molecule has 32 heavy (non-hydrogen) atoms. The van der Waals surface area contributed by atoms with Gasteiger partial charge in [-0.25, -0.2) is 0 Å². The fourth-order valence-electron chi connectivity index (χ4n) is 3.52. The predicted molar refractivity (Wildman–Crippen MR) is 123 cm³/mol. The molecule has 0 N–H and O–H groups in total. The van der Waals surface area contributed by atoms with Crippen molar-refractivity contribution in [2.24, 2.45) is 0 Å². The zero-order valence-electron chi connectivity index (χ0n) is 17.7. The lowest BCUT2D eigenvalue weighted by Crippen LogP contribution is -2.27.